The van der Waals surface area contributed by atoms with Crippen LogP contribution in [-0.4, -0.2) is 41.0 Å². The number of sulfonamides is 1. The Labute approximate surface area is 205 Å². The third-order valence-electron chi connectivity index (χ3n) is 5.13. The van der Waals surface area contributed by atoms with E-state index in [1.165, 1.54) is 29.8 Å². The number of rotatable bonds is 9. The Morgan fingerprint density at radius 3 is 2.34 bits per heavy atom. The van der Waals surface area contributed by atoms with Crippen LogP contribution in [0, 0.1) is 27.7 Å². The maximum atomic E-state index is 13.1. The summed E-state index contributed by atoms with van der Waals surface area (Å²) in [4.78, 5) is 17.0. The number of hydrogen-bond acceptors (Lipinski definition) is 8. The van der Waals surface area contributed by atoms with Crippen molar-refractivity contribution in [1.82, 2.24) is 14.7 Å². The molecule has 0 saturated carbocycles. The molecule has 0 fully saturated rings. The van der Waals surface area contributed by atoms with Crippen molar-refractivity contribution in [3.63, 3.8) is 0 Å². The van der Waals surface area contributed by atoms with Gasteiger partial charge in [-0.1, -0.05) is 5.16 Å². The number of hydrogen-bond donors (Lipinski definition) is 1. The molecular formula is C19H21F5N4O4S3. The van der Waals surface area contributed by atoms with Crippen LogP contribution in [0.2, 0.25) is 0 Å². The number of halogens is 5. The van der Waals surface area contributed by atoms with E-state index in [0.717, 1.165) is 16.6 Å². The third-order valence-corrected chi connectivity index (χ3v) is 9.25. The van der Waals surface area contributed by atoms with Gasteiger partial charge >= 0.3 is 17.8 Å². The first-order valence-corrected chi connectivity index (χ1v) is 13.4. The number of anilines is 1. The van der Waals surface area contributed by atoms with Crippen LogP contribution in [0.25, 0.3) is 5.69 Å². The smallest absolute Gasteiger partial charge is 0.360 e. The van der Waals surface area contributed by atoms with Gasteiger partial charge < -0.3 is 4.52 Å². The summed E-state index contributed by atoms with van der Waals surface area (Å²) in [6, 6.07) is 0. The predicted molar refractivity (Wildman–Crippen MR) is 121 cm³/mol. The van der Waals surface area contributed by atoms with Gasteiger partial charge in [-0.25, -0.2) is 13.2 Å². The summed E-state index contributed by atoms with van der Waals surface area (Å²) >= 11 is 2.34. The minimum Gasteiger partial charge on any atom is -0.360 e. The minimum absolute atomic E-state index is 0.0423. The maximum Gasteiger partial charge on any atom is 0.453 e. The third kappa shape index (κ3) is 5.48. The number of nitrogens with one attached hydrogen (secondary N) is 1. The van der Waals surface area contributed by atoms with Gasteiger partial charge in [0.2, 0.25) is 0 Å². The van der Waals surface area contributed by atoms with Crippen LogP contribution >= 0.6 is 23.1 Å². The van der Waals surface area contributed by atoms with Gasteiger partial charge in [0.05, 0.1) is 4.21 Å². The minimum atomic E-state index is -5.60. The molecule has 16 heteroatoms. The van der Waals surface area contributed by atoms with Crippen LogP contribution in [0.15, 0.2) is 18.4 Å². The van der Waals surface area contributed by atoms with Crippen LogP contribution in [0.5, 0.6) is 0 Å². The van der Waals surface area contributed by atoms with Gasteiger partial charge in [-0.05, 0) is 46.3 Å². The Kier molecular flexibility index (Phi) is 7.58. The lowest BCUT2D eigenvalue weighted by atomic mass is 10.1. The van der Waals surface area contributed by atoms with E-state index in [0.29, 0.717) is 9.90 Å². The summed E-state index contributed by atoms with van der Waals surface area (Å²) < 4.78 is 98.1. The highest BCUT2D eigenvalue weighted by Crippen LogP contribution is 2.41. The Morgan fingerprint density at radius 2 is 1.77 bits per heavy atom. The van der Waals surface area contributed by atoms with Crippen LogP contribution in [0.4, 0.5) is 27.8 Å². The number of nitrogens with zero attached hydrogens (tertiary/aromatic N) is 3. The average molecular weight is 561 g/mol. The van der Waals surface area contributed by atoms with Gasteiger partial charge in [-0.2, -0.15) is 26.9 Å². The van der Waals surface area contributed by atoms with Gasteiger partial charge in [-0.15, -0.1) is 23.1 Å². The van der Waals surface area contributed by atoms with E-state index in [1.54, 1.807) is 13.8 Å². The lowest BCUT2D eigenvalue weighted by molar-refractivity contribution is -0.284. The number of aromatic nitrogens is 3. The van der Waals surface area contributed by atoms with Crippen LogP contribution < -0.4 is 10.4 Å². The van der Waals surface area contributed by atoms with Crippen LogP contribution in [-0.2, 0) is 10.0 Å². The molecule has 0 aromatic carbocycles. The number of thioether (sulfide) groups is 1. The van der Waals surface area contributed by atoms with Crippen molar-refractivity contribution in [3.8, 4) is 5.69 Å². The largest absolute Gasteiger partial charge is 0.453 e. The molecule has 1 N–H and O–H groups in total. The molecule has 35 heavy (non-hydrogen) atoms. The number of alkyl halides is 5. The molecule has 0 amide bonds. The molecule has 0 aliphatic carbocycles. The zero-order valence-electron chi connectivity index (χ0n) is 18.9. The van der Waals surface area contributed by atoms with Gasteiger partial charge in [0.15, 0.2) is 16.5 Å². The lowest BCUT2D eigenvalue weighted by Crippen LogP contribution is -2.36. The molecule has 0 unspecified atom stereocenters. The lowest BCUT2D eigenvalue weighted by Gasteiger charge is -2.19. The fourth-order valence-electron chi connectivity index (χ4n) is 3.28. The summed E-state index contributed by atoms with van der Waals surface area (Å²) in [5.41, 5.74) is 0.0843. The van der Waals surface area contributed by atoms with Crippen LogP contribution in [0.1, 0.15) is 41.3 Å². The first-order valence-electron chi connectivity index (χ1n) is 10.1. The Balaban J connectivity index is 1.88. The average Bonchev–Trinajstić information content (AvgIpc) is 3.22. The van der Waals surface area contributed by atoms with E-state index < -0.39 is 34.2 Å². The number of fused-ring (bicyclic) bond motifs is 1. The molecule has 8 nitrogen and oxygen atoms in total. The van der Waals surface area contributed by atoms with Crippen molar-refractivity contribution in [2.75, 3.05) is 10.5 Å². The summed E-state index contributed by atoms with van der Waals surface area (Å²) in [6.07, 6.45) is -7.26. The molecule has 0 spiro atoms. The standard InChI is InChI=1S/C19H21F5N4O4S3/c1-9-14(11(3)32-26-9)35(30,31)27-15-13-16(34-12(4)10(2)28(13)17(29)25-15)33-8-6-5-7-18(20,21)19(22,23)24/h5-8H2,1-4H3,(H,25,27,29). The zero-order chi connectivity index (χ0) is 26.3. The Bertz CT molecular complexity index is 1340. The molecule has 1 aromatic rings. The highest BCUT2D eigenvalue weighted by molar-refractivity contribution is 8.01. The predicted octanol–water partition coefficient (Wildman–Crippen LogP) is 5.21. The molecule has 0 radical (unpaired) electrons. The highest BCUT2D eigenvalue weighted by Gasteiger charge is 2.56. The van der Waals surface area contributed by atoms with Gasteiger partial charge in [0.25, 0.3) is 10.0 Å². The maximum absolute atomic E-state index is 13.1. The van der Waals surface area contributed by atoms with Crippen molar-refractivity contribution >= 4 is 38.9 Å². The fourth-order valence-corrected chi connectivity index (χ4v) is 7.14. The summed E-state index contributed by atoms with van der Waals surface area (Å²) in [7, 11) is -4.22. The molecule has 1 aromatic heterocycles. The van der Waals surface area contributed by atoms with E-state index in [-0.39, 0.29) is 46.4 Å². The SMILES string of the molecule is Cc1noc(C)c1S(=O)(=O)Nc1nc(=O)n2c(C)c(C)sc(SCCCCC(F)(F)C(F)(F)F)c1-2. The second-order valence-electron chi connectivity index (χ2n) is 7.72. The molecule has 3 rings (SSSR count). The summed E-state index contributed by atoms with van der Waals surface area (Å²) in [6.45, 7) is 6.25. The number of unbranched alkanes of at least 4 members (excludes halogenated alkanes) is 1. The van der Waals surface area contributed by atoms with E-state index in [2.05, 4.69) is 14.9 Å². The molecule has 2 aliphatic heterocycles. The van der Waals surface area contributed by atoms with Crippen molar-refractivity contribution in [3.05, 3.63) is 32.5 Å². The van der Waals surface area contributed by atoms with Gasteiger partial charge in [0.1, 0.15) is 11.4 Å². The molecule has 0 atom stereocenters. The van der Waals surface area contributed by atoms with E-state index >= 15 is 0 Å². The van der Waals surface area contributed by atoms with Crippen molar-refractivity contribution in [2.45, 2.75) is 68.2 Å². The summed E-state index contributed by atoms with van der Waals surface area (Å²) in [5, 5.41) is 3.62. The van der Waals surface area contributed by atoms with Crippen LogP contribution in [0.3, 0.4) is 0 Å². The summed E-state index contributed by atoms with van der Waals surface area (Å²) in [5.74, 6) is -4.79. The molecule has 0 bridgehead atoms. The number of imidazole rings is 1. The Hall–Kier alpha value is -2.20. The van der Waals surface area contributed by atoms with E-state index in [4.69, 9.17) is 4.52 Å². The van der Waals surface area contributed by atoms with E-state index in [9.17, 15) is 35.2 Å². The molecule has 2 aliphatic rings. The molecule has 0 saturated heterocycles. The molecule has 3 heterocycles. The number of aryl methyl sites for hydroxylation is 3. The second kappa shape index (κ2) is 9.69. The normalized spacial score (nSPS) is 13.1. The quantitative estimate of drug-likeness (QED) is 0.217. The fraction of sp³-hybridized carbons (Fsp3) is 0.526. The zero-order valence-corrected chi connectivity index (χ0v) is 21.4. The molecule has 194 valence electrons. The first-order chi connectivity index (χ1) is 16.1. The molecular weight excluding hydrogens is 539 g/mol. The van der Waals surface area contributed by atoms with Gasteiger partial charge in [-0.3, -0.25) is 9.29 Å². The van der Waals surface area contributed by atoms with Gasteiger partial charge in [0, 0.05) is 17.0 Å². The first kappa shape index (κ1) is 27.4. The van der Waals surface area contributed by atoms with Crippen molar-refractivity contribution < 1.29 is 34.9 Å². The van der Waals surface area contributed by atoms with E-state index in [1.807, 2.05) is 0 Å². The monoisotopic (exact) mass is 560 g/mol. The van der Waals surface area contributed by atoms with Crippen molar-refractivity contribution in [2.24, 2.45) is 0 Å². The Morgan fingerprint density at radius 1 is 1.11 bits per heavy atom. The topological polar surface area (TPSA) is 107 Å². The van der Waals surface area contributed by atoms with Crippen molar-refractivity contribution in [1.29, 1.82) is 0 Å². The second-order valence-corrected chi connectivity index (χ2v) is 11.9. The highest BCUT2D eigenvalue weighted by atomic mass is 32.2.